The highest BCUT2D eigenvalue weighted by Crippen LogP contribution is 2.18. The van der Waals surface area contributed by atoms with Gasteiger partial charge in [0.05, 0.1) is 5.56 Å². The van der Waals surface area contributed by atoms with Crippen molar-refractivity contribution in [3.8, 4) is 0 Å². The largest absolute Gasteiger partial charge is 0.330 e. The van der Waals surface area contributed by atoms with Gasteiger partial charge in [-0.3, -0.25) is 14.4 Å². The molecule has 0 aliphatic carbocycles. The highest BCUT2D eigenvalue weighted by Gasteiger charge is 2.32. The molecule has 1 aliphatic heterocycles. The van der Waals surface area contributed by atoms with E-state index in [2.05, 4.69) is 21.1 Å². The van der Waals surface area contributed by atoms with Crippen molar-refractivity contribution in [1.29, 1.82) is 0 Å². The fourth-order valence-electron chi connectivity index (χ4n) is 2.38. The van der Waals surface area contributed by atoms with E-state index in [1.165, 1.54) is 4.90 Å². The number of allylic oxidation sites excluding steroid dienone is 1. The summed E-state index contributed by atoms with van der Waals surface area (Å²) in [6, 6.07) is 4.48. The molecule has 2 amide bonds. The van der Waals surface area contributed by atoms with Crippen LogP contribution in [0.5, 0.6) is 0 Å². The highest BCUT2D eigenvalue weighted by atomic mass is 31.0. The van der Waals surface area contributed by atoms with Crippen molar-refractivity contribution < 1.29 is 14.4 Å². The molecule has 1 aromatic carbocycles. The molecule has 5 nitrogen and oxygen atoms in total. The van der Waals surface area contributed by atoms with Crippen LogP contribution in [0.25, 0.3) is 0 Å². The van der Waals surface area contributed by atoms with Gasteiger partial charge in [-0.2, -0.15) is 0 Å². The van der Waals surface area contributed by atoms with Gasteiger partial charge < -0.3 is 10.2 Å². The number of piperidine rings is 1. The molecular weight excluding hydrogens is 287 g/mol. The van der Waals surface area contributed by atoms with Crippen molar-refractivity contribution in [2.24, 2.45) is 0 Å². The Labute approximate surface area is 125 Å². The molecule has 1 N–H and O–H groups in total. The van der Waals surface area contributed by atoms with Gasteiger partial charge in [-0.25, -0.2) is 0 Å². The van der Waals surface area contributed by atoms with E-state index in [0.29, 0.717) is 41.3 Å². The van der Waals surface area contributed by atoms with E-state index in [-0.39, 0.29) is 11.8 Å². The van der Waals surface area contributed by atoms with Crippen LogP contribution < -0.4 is 10.6 Å². The van der Waals surface area contributed by atoms with E-state index in [4.69, 9.17) is 0 Å². The van der Waals surface area contributed by atoms with Crippen molar-refractivity contribution in [1.82, 2.24) is 10.2 Å². The van der Waals surface area contributed by atoms with Crippen LogP contribution in [0.2, 0.25) is 0 Å². The number of hydrogen-bond acceptors (Lipinski definition) is 3. The van der Waals surface area contributed by atoms with Crippen LogP contribution in [0.1, 0.15) is 33.6 Å². The smallest absolute Gasteiger partial charge is 0.255 e. The Balaban J connectivity index is 2.30. The zero-order valence-electron chi connectivity index (χ0n) is 11.8. The summed E-state index contributed by atoms with van der Waals surface area (Å²) in [7, 11) is 4.02. The van der Waals surface area contributed by atoms with Crippen LogP contribution in [0.15, 0.2) is 30.5 Å². The van der Waals surface area contributed by atoms with Gasteiger partial charge in [-0.1, -0.05) is 24.8 Å². The molecule has 1 aromatic rings. The predicted molar refractivity (Wildman–Crippen MR) is 83.6 cm³/mol. The van der Waals surface area contributed by atoms with Crippen LogP contribution in [0, 0.1) is 0 Å². The molecule has 21 heavy (non-hydrogen) atoms. The molecule has 110 valence electrons. The average Bonchev–Trinajstić information content (AvgIpc) is 2.45. The van der Waals surface area contributed by atoms with Crippen LogP contribution in [0.3, 0.4) is 0 Å². The van der Waals surface area contributed by atoms with Gasteiger partial charge in [0.2, 0.25) is 5.91 Å². The number of amides is 2. The molecule has 0 saturated carbocycles. The number of likely N-dealkylation sites (N-methyl/N-ethyl adjacent to an activating group) is 1. The maximum atomic E-state index is 12.6. The Morgan fingerprint density at radius 1 is 1.52 bits per heavy atom. The summed E-state index contributed by atoms with van der Waals surface area (Å²) >= 11 is 0. The standard InChI is InChI=1S/C15H17N2O3P/c1-9-6-7-11(14(19)16-9)17(2)15(20)13-10(8-18)4-3-5-12(13)21/h3-5,8,11H,1,6-7,21H2,2H3,(H,16,19). The summed E-state index contributed by atoms with van der Waals surface area (Å²) in [6.45, 7) is 3.72. The Kier molecular flexibility index (Phi) is 4.53. The summed E-state index contributed by atoms with van der Waals surface area (Å²) < 4.78 is 0. The number of carbonyl (C=O) groups is 3. The second-order valence-electron chi connectivity index (χ2n) is 4.99. The number of rotatable bonds is 3. The molecule has 0 aromatic heterocycles. The first-order chi connectivity index (χ1) is 9.95. The average molecular weight is 304 g/mol. The minimum absolute atomic E-state index is 0.240. The molecule has 2 rings (SSSR count). The summed E-state index contributed by atoms with van der Waals surface area (Å²) in [4.78, 5) is 37.1. The molecule has 0 bridgehead atoms. The maximum Gasteiger partial charge on any atom is 0.255 e. The van der Waals surface area contributed by atoms with Crippen molar-refractivity contribution in [3.05, 3.63) is 41.6 Å². The first-order valence-electron chi connectivity index (χ1n) is 6.55. The minimum Gasteiger partial charge on any atom is -0.330 e. The first-order valence-corrected chi connectivity index (χ1v) is 7.13. The summed E-state index contributed by atoms with van der Waals surface area (Å²) in [5.41, 5.74) is 1.30. The van der Waals surface area contributed by atoms with Crippen molar-refractivity contribution in [2.75, 3.05) is 7.05 Å². The fourth-order valence-corrected chi connectivity index (χ4v) is 2.78. The normalized spacial score (nSPS) is 18.1. The van der Waals surface area contributed by atoms with Gasteiger partial charge in [-0.05, 0) is 18.1 Å². The van der Waals surface area contributed by atoms with E-state index < -0.39 is 6.04 Å². The van der Waals surface area contributed by atoms with Gasteiger partial charge in [0.25, 0.3) is 5.91 Å². The summed E-state index contributed by atoms with van der Waals surface area (Å²) in [6.07, 6.45) is 1.82. The van der Waals surface area contributed by atoms with Crippen LogP contribution in [-0.2, 0) is 4.79 Å². The lowest BCUT2D eigenvalue weighted by Crippen LogP contribution is -2.50. The highest BCUT2D eigenvalue weighted by molar-refractivity contribution is 7.27. The Morgan fingerprint density at radius 2 is 2.24 bits per heavy atom. The van der Waals surface area contributed by atoms with Crippen LogP contribution in [-0.4, -0.2) is 36.1 Å². The number of carbonyl (C=O) groups excluding carboxylic acids is 3. The second-order valence-corrected chi connectivity index (χ2v) is 5.61. The number of nitrogens with zero attached hydrogens (tertiary/aromatic N) is 1. The third-order valence-corrected chi connectivity index (χ3v) is 4.06. The van der Waals surface area contributed by atoms with Gasteiger partial charge in [0.1, 0.15) is 6.04 Å². The second kappa shape index (κ2) is 6.19. The molecule has 1 aliphatic rings. The number of aldehydes is 1. The lowest BCUT2D eigenvalue weighted by Gasteiger charge is -2.31. The molecular formula is C15H17N2O3P. The van der Waals surface area contributed by atoms with Crippen LogP contribution in [0.4, 0.5) is 0 Å². The Bertz CT molecular complexity index is 627. The molecule has 6 heteroatoms. The zero-order chi connectivity index (χ0) is 15.6. The molecule has 0 radical (unpaired) electrons. The summed E-state index contributed by atoms with van der Waals surface area (Å²) in [5, 5.41) is 3.29. The fraction of sp³-hybridized carbons (Fsp3) is 0.267. The SMILES string of the molecule is C=C1CCC(N(C)C(=O)c2c(P)cccc2C=O)C(=O)N1. The number of nitrogens with one attached hydrogen (secondary N) is 1. The third-order valence-electron chi connectivity index (χ3n) is 3.58. The van der Waals surface area contributed by atoms with E-state index in [9.17, 15) is 14.4 Å². The molecule has 1 saturated heterocycles. The summed E-state index contributed by atoms with van der Waals surface area (Å²) in [5.74, 6) is -0.577. The van der Waals surface area contributed by atoms with Crippen molar-refractivity contribution in [2.45, 2.75) is 18.9 Å². The van der Waals surface area contributed by atoms with Gasteiger partial charge in [-0.15, -0.1) is 9.24 Å². The lowest BCUT2D eigenvalue weighted by molar-refractivity contribution is -0.125. The van der Waals surface area contributed by atoms with E-state index in [1.54, 1.807) is 25.2 Å². The van der Waals surface area contributed by atoms with E-state index >= 15 is 0 Å². The van der Waals surface area contributed by atoms with Gasteiger partial charge >= 0.3 is 0 Å². The Morgan fingerprint density at radius 3 is 2.86 bits per heavy atom. The van der Waals surface area contributed by atoms with Gasteiger partial charge in [0, 0.05) is 18.3 Å². The van der Waals surface area contributed by atoms with E-state index in [1.807, 2.05) is 0 Å². The van der Waals surface area contributed by atoms with Crippen molar-refractivity contribution >= 4 is 32.6 Å². The molecule has 2 atom stereocenters. The maximum absolute atomic E-state index is 12.6. The first kappa shape index (κ1) is 15.4. The number of benzene rings is 1. The van der Waals surface area contributed by atoms with Crippen molar-refractivity contribution in [3.63, 3.8) is 0 Å². The lowest BCUT2D eigenvalue weighted by atomic mass is 10.0. The third kappa shape index (κ3) is 3.03. The number of hydrogen-bond donors (Lipinski definition) is 1. The molecule has 2 unspecified atom stereocenters. The molecule has 1 fully saturated rings. The Hall–Kier alpha value is -2.00. The predicted octanol–water partition coefficient (Wildman–Crippen LogP) is 0.864. The minimum atomic E-state index is -0.549. The zero-order valence-corrected chi connectivity index (χ0v) is 12.9. The van der Waals surface area contributed by atoms with E-state index in [0.717, 1.165) is 0 Å². The topological polar surface area (TPSA) is 66.5 Å². The van der Waals surface area contributed by atoms with Gasteiger partial charge in [0.15, 0.2) is 6.29 Å². The quantitative estimate of drug-likeness (QED) is 0.665. The monoisotopic (exact) mass is 304 g/mol. The molecule has 0 spiro atoms. The molecule has 1 heterocycles. The van der Waals surface area contributed by atoms with Crippen LogP contribution >= 0.6 is 9.24 Å².